The van der Waals surface area contributed by atoms with Crippen LogP contribution in [0.2, 0.25) is 0 Å². The molecule has 0 saturated heterocycles. The molecular formula is C15H18. The monoisotopic (exact) mass is 198 g/mol. The fraction of sp³-hybridized carbons (Fsp3) is 0.200. The molecule has 0 heteroatoms. The smallest absolute Gasteiger partial charge is 0.0254 e. The maximum Gasteiger partial charge on any atom is -0.0254 e. The zero-order valence-corrected chi connectivity index (χ0v) is 9.48. The first kappa shape index (κ1) is 11.5. The average molecular weight is 198 g/mol. The van der Waals surface area contributed by atoms with E-state index in [1.807, 2.05) is 19.1 Å². The van der Waals surface area contributed by atoms with Crippen LogP contribution in [0, 0.1) is 0 Å². The summed E-state index contributed by atoms with van der Waals surface area (Å²) in [5.74, 6) is 0. The normalized spacial score (nSPS) is 12.8. The number of allylic oxidation sites excluding steroid dienone is 5. The third-order valence-corrected chi connectivity index (χ3v) is 2.17. The van der Waals surface area contributed by atoms with Gasteiger partial charge in [-0.25, -0.2) is 0 Å². The molecule has 0 atom stereocenters. The quantitative estimate of drug-likeness (QED) is 0.620. The van der Waals surface area contributed by atoms with E-state index in [1.165, 1.54) is 11.1 Å². The molecule has 1 aromatic carbocycles. The molecule has 0 nitrogen and oxygen atoms in total. The van der Waals surface area contributed by atoms with E-state index in [-0.39, 0.29) is 0 Å². The zero-order valence-electron chi connectivity index (χ0n) is 9.48. The lowest BCUT2D eigenvalue weighted by Crippen LogP contribution is -1.76. The van der Waals surface area contributed by atoms with Crippen molar-refractivity contribution in [2.75, 3.05) is 0 Å². The van der Waals surface area contributed by atoms with Gasteiger partial charge in [-0.2, -0.15) is 0 Å². The number of hydrogen-bond acceptors (Lipinski definition) is 0. The fourth-order valence-electron chi connectivity index (χ4n) is 1.32. The molecule has 0 radical (unpaired) electrons. The van der Waals surface area contributed by atoms with Crippen molar-refractivity contribution in [3.63, 3.8) is 0 Å². The van der Waals surface area contributed by atoms with Gasteiger partial charge in [0.25, 0.3) is 0 Å². The van der Waals surface area contributed by atoms with E-state index in [0.29, 0.717) is 0 Å². The average Bonchev–Trinajstić information content (AvgIpc) is 2.29. The highest BCUT2D eigenvalue weighted by Crippen LogP contribution is 2.10. The van der Waals surface area contributed by atoms with Crippen LogP contribution < -0.4 is 0 Å². The number of rotatable bonds is 4. The Morgan fingerprint density at radius 3 is 2.47 bits per heavy atom. The molecule has 0 amide bonds. The molecule has 0 heterocycles. The highest BCUT2D eigenvalue weighted by Gasteiger charge is 1.89. The third kappa shape index (κ3) is 4.46. The van der Waals surface area contributed by atoms with Crippen molar-refractivity contribution in [2.45, 2.75) is 20.3 Å². The molecule has 0 spiro atoms. The molecular weight excluding hydrogens is 180 g/mol. The first-order valence-electron chi connectivity index (χ1n) is 5.41. The van der Waals surface area contributed by atoms with Crippen LogP contribution in [-0.4, -0.2) is 0 Å². The van der Waals surface area contributed by atoms with E-state index in [9.17, 15) is 0 Å². The summed E-state index contributed by atoms with van der Waals surface area (Å²) in [6, 6.07) is 10.4. The molecule has 0 N–H and O–H groups in total. The first-order chi connectivity index (χ1) is 7.36. The summed E-state index contributed by atoms with van der Waals surface area (Å²) in [6.07, 6.45) is 11.6. The van der Waals surface area contributed by atoms with Crippen LogP contribution >= 0.6 is 0 Å². The van der Waals surface area contributed by atoms with Gasteiger partial charge in [-0.3, -0.25) is 0 Å². The highest BCUT2D eigenvalue weighted by molar-refractivity contribution is 5.55. The molecule has 0 aromatic heterocycles. The van der Waals surface area contributed by atoms with Gasteiger partial charge in [-0.05, 0) is 24.5 Å². The van der Waals surface area contributed by atoms with Gasteiger partial charge in [0.1, 0.15) is 0 Å². The van der Waals surface area contributed by atoms with Crippen LogP contribution in [0.4, 0.5) is 0 Å². The maximum atomic E-state index is 2.22. The summed E-state index contributed by atoms with van der Waals surface area (Å²) in [5, 5.41) is 0. The Morgan fingerprint density at radius 1 is 1.13 bits per heavy atom. The molecule has 1 rings (SSSR count). The second kappa shape index (κ2) is 6.83. The highest BCUT2D eigenvalue weighted by atomic mass is 13.9. The molecule has 0 aliphatic rings. The van der Waals surface area contributed by atoms with Gasteiger partial charge in [0.05, 0.1) is 0 Å². The topological polar surface area (TPSA) is 0 Å². The Bertz CT molecular complexity index is 353. The Kier molecular flexibility index (Phi) is 5.24. The van der Waals surface area contributed by atoms with Crippen LogP contribution in [-0.2, 0) is 0 Å². The summed E-state index contributed by atoms with van der Waals surface area (Å²) in [4.78, 5) is 0. The summed E-state index contributed by atoms with van der Waals surface area (Å²) in [6.45, 7) is 4.20. The number of benzene rings is 1. The fourth-order valence-corrected chi connectivity index (χ4v) is 1.32. The molecule has 0 saturated carbocycles. The van der Waals surface area contributed by atoms with Gasteiger partial charge in [-0.15, -0.1) is 0 Å². The summed E-state index contributed by atoms with van der Waals surface area (Å²) >= 11 is 0. The van der Waals surface area contributed by atoms with Gasteiger partial charge in [0.15, 0.2) is 0 Å². The van der Waals surface area contributed by atoms with Crippen molar-refractivity contribution >= 4 is 6.08 Å². The van der Waals surface area contributed by atoms with E-state index < -0.39 is 0 Å². The van der Waals surface area contributed by atoms with Crippen LogP contribution in [0.1, 0.15) is 25.8 Å². The second-order valence-corrected chi connectivity index (χ2v) is 3.37. The van der Waals surface area contributed by atoms with Gasteiger partial charge in [0.2, 0.25) is 0 Å². The maximum absolute atomic E-state index is 2.22. The van der Waals surface area contributed by atoms with Crippen molar-refractivity contribution in [1.29, 1.82) is 0 Å². The molecule has 0 bridgehead atoms. The summed E-state index contributed by atoms with van der Waals surface area (Å²) in [7, 11) is 0. The minimum Gasteiger partial charge on any atom is -0.0877 e. The molecule has 0 fully saturated rings. The van der Waals surface area contributed by atoms with E-state index in [4.69, 9.17) is 0 Å². The van der Waals surface area contributed by atoms with E-state index >= 15 is 0 Å². The van der Waals surface area contributed by atoms with E-state index in [2.05, 4.69) is 55.5 Å². The predicted molar refractivity (Wildman–Crippen MR) is 68.7 cm³/mol. The lowest BCUT2D eigenvalue weighted by Gasteiger charge is -1.97. The van der Waals surface area contributed by atoms with Crippen molar-refractivity contribution in [1.82, 2.24) is 0 Å². The number of hydrogen-bond donors (Lipinski definition) is 0. The van der Waals surface area contributed by atoms with Gasteiger partial charge in [-0.1, -0.05) is 67.6 Å². The Balaban J connectivity index is 2.78. The Labute approximate surface area is 92.6 Å². The van der Waals surface area contributed by atoms with E-state index in [0.717, 1.165) is 6.42 Å². The van der Waals surface area contributed by atoms with Crippen molar-refractivity contribution in [3.8, 4) is 0 Å². The first-order valence-corrected chi connectivity index (χ1v) is 5.41. The van der Waals surface area contributed by atoms with Crippen molar-refractivity contribution < 1.29 is 0 Å². The van der Waals surface area contributed by atoms with Crippen LogP contribution in [0.15, 0.2) is 60.2 Å². The van der Waals surface area contributed by atoms with Crippen molar-refractivity contribution in [3.05, 3.63) is 65.8 Å². The largest absolute Gasteiger partial charge is 0.0877 e. The SMILES string of the molecule is C/C=C/C=C\C(=C/c1ccccc1)CC. The van der Waals surface area contributed by atoms with Gasteiger partial charge >= 0.3 is 0 Å². The zero-order chi connectivity index (χ0) is 10.9. The van der Waals surface area contributed by atoms with Crippen LogP contribution in [0.25, 0.3) is 6.08 Å². The Morgan fingerprint density at radius 2 is 1.87 bits per heavy atom. The third-order valence-electron chi connectivity index (χ3n) is 2.17. The molecule has 15 heavy (non-hydrogen) atoms. The minimum atomic E-state index is 1.06. The molecule has 0 aliphatic heterocycles. The molecule has 78 valence electrons. The second-order valence-electron chi connectivity index (χ2n) is 3.37. The van der Waals surface area contributed by atoms with Crippen LogP contribution in [0.5, 0.6) is 0 Å². The van der Waals surface area contributed by atoms with Crippen molar-refractivity contribution in [2.24, 2.45) is 0 Å². The standard InChI is InChI=1S/C15H18/c1-3-5-7-10-14(4-2)13-15-11-8-6-9-12-15/h3,5-13H,4H2,1-2H3/b5-3+,10-7-,14-13-. The lowest BCUT2D eigenvalue weighted by molar-refractivity contribution is 1.16. The lowest BCUT2D eigenvalue weighted by atomic mass is 10.1. The summed E-state index contributed by atoms with van der Waals surface area (Å²) < 4.78 is 0. The molecule has 1 aromatic rings. The Hall–Kier alpha value is -1.56. The van der Waals surface area contributed by atoms with Crippen LogP contribution in [0.3, 0.4) is 0 Å². The van der Waals surface area contributed by atoms with E-state index in [1.54, 1.807) is 0 Å². The minimum absolute atomic E-state index is 1.06. The predicted octanol–water partition coefficient (Wildman–Crippen LogP) is 4.61. The summed E-state index contributed by atoms with van der Waals surface area (Å²) in [5.41, 5.74) is 2.61. The van der Waals surface area contributed by atoms with Gasteiger partial charge in [0, 0.05) is 0 Å². The molecule has 0 aliphatic carbocycles. The molecule has 0 unspecified atom stereocenters. The van der Waals surface area contributed by atoms with Gasteiger partial charge < -0.3 is 0 Å².